The molecule has 3 aromatic rings. The molecule has 0 fully saturated rings. The predicted molar refractivity (Wildman–Crippen MR) is 103 cm³/mol. The number of rotatable bonds is 3. The van der Waals surface area contributed by atoms with Crippen molar-refractivity contribution in [2.24, 2.45) is 0 Å². The minimum atomic E-state index is -4.12. The van der Waals surface area contributed by atoms with Crippen LogP contribution in [0.3, 0.4) is 0 Å². The first-order chi connectivity index (χ1) is 11.8. The van der Waals surface area contributed by atoms with Crippen LogP contribution in [0.25, 0.3) is 0 Å². The Labute approximate surface area is 155 Å². The summed E-state index contributed by atoms with van der Waals surface area (Å²) in [6.45, 7) is 2.41. The third-order valence-corrected chi connectivity index (χ3v) is 7.81. The van der Waals surface area contributed by atoms with Crippen molar-refractivity contribution in [2.75, 3.05) is 6.66 Å². The van der Waals surface area contributed by atoms with Crippen LogP contribution >= 0.6 is 7.26 Å². The van der Waals surface area contributed by atoms with Gasteiger partial charge in [-0.25, -0.2) is 0 Å². The Kier molecular flexibility index (Phi) is 6.84. The molecule has 0 spiro atoms. The van der Waals surface area contributed by atoms with Crippen LogP contribution in [0, 0.1) is 0 Å². The zero-order valence-electron chi connectivity index (χ0n) is 13.6. The number of hydrogen-bond donors (Lipinski definition) is 0. The third-order valence-electron chi connectivity index (χ3n) is 3.82. The first kappa shape index (κ1) is 19.7. The normalized spacial score (nSPS) is 11.4. The minimum absolute atomic E-state index is 0.979. The molecule has 0 N–H and O–H groups in total. The van der Waals surface area contributed by atoms with E-state index in [-0.39, 0.29) is 0 Å². The van der Waals surface area contributed by atoms with Crippen LogP contribution in [0.5, 0.6) is 0 Å². The van der Waals surface area contributed by atoms with Crippen molar-refractivity contribution in [3.05, 3.63) is 91.0 Å². The Morgan fingerprint density at radius 1 is 0.600 bits per heavy atom. The van der Waals surface area contributed by atoms with Gasteiger partial charge < -0.3 is 0 Å². The number of benzene rings is 3. The molecule has 0 saturated heterocycles. The summed E-state index contributed by atoms with van der Waals surface area (Å²) < 4.78 is 30.9. The molecule has 25 heavy (non-hydrogen) atoms. The number of hydrogen-bond acceptors (Lipinski definition) is 0. The first-order valence-electron chi connectivity index (χ1n) is 7.62. The Hall–Kier alpha value is -1.60. The van der Waals surface area contributed by atoms with Gasteiger partial charge in [0.15, 0.2) is 0 Å². The Morgan fingerprint density at radius 2 is 0.800 bits per heavy atom. The van der Waals surface area contributed by atoms with E-state index in [9.17, 15) is 13.2 Å². The van der Waals surface area contributed by atoms with Crippen LogP contribution in [0.4, 0.5) is 13.2 Å². The zero-order valence-corrected chi connectivity index (χ0v) is 16.3. The van der Waals surface area contributed by atoms with Crippen molar-refractivity contribution in [3.63, 3.8) is 0 Å². The molecule has 130 valence electrons. The maximum atomic E-state index is 10.3. The van der Waals surface area contributed by atoms with E-state index in [0.29, 0.717) is 0 Å². The van der Waals surface area contributed by atoms with E-state index in [0.717, 1.165) is 16.0 Å². The average molecular weight is 425 g/mol. The number of halogens is 3. The molecule has 0 aromatic heterocycles. The molecule has 0 atom stereocenters. The molecule has 0 nitrogen and oxygen atoms in total. The Balaban J connectivity index is 0.000000399. The Bertz CT molecular complexity index is 657. The fourth-order valence-electron chi connectivity index (χ4n) is 2.63. The van der Waals surface area contributed by atoms with E-state index in [2.05, 4.69) is 97.7 Å². The standard InChI is InChI=1S/C19H18P.CHF3Se/c1-20(17-11-5-2-6-12-17,18-13-7-3-8-14-18)19-15-9-4-10-16-19;2-1(3,4)5/h2-16H,1H3;5H/q+1;/p-1. The second-order valence-electron chi connectivity index (χ2n) is 5.46. The van der Waals surface area contributed by atoms with Crippen LogP contribution in [-0.4, -0.2) is 27.8 Å². The summed E-state index contributed by atoms with van der Waals surface area (Å²) >= 11 is 0.979. The molecule has 0 aliphatic heterocycles. The number of alkyl halides is 3. The summed E-state index contributed by atoms with van der Waals surface area (Å²) in [7, 11) is -1.53. The van der Waals surface area contributed by atoms with Crippen molar-refractivity contribution in [3.8, 4) is 0 Å². The van der Waals surface area contributed by atoms with Crippen LogP contribution < -0.4 is 15.9 Å². The van der Waals surface area contributed by atoms with Crippen LogP contribution in [0.1, 0.15) is 0 Å². The zero-order chi connectivity index (χ0) is 18.3. The average Bonchev–Trinajstić information content (AvgIpc) is 2.62. The molecule has 0 saturated carbocycles. The molecule has 0 radical (unpaired) electrons. The second kappa shape index (κ2) is 8.67. The molecular weight excluding hydrogens is 407 g/mol. The molecule has 0 aliphatic rings. The van der Waals surface area contributed by atoms with E-state index in [1.54, 1.807) is 0 Å². The molecule has 5 heteroatoms. The topological polar surface area (TPSA) is 0 Å². The quantitative estimate of drug-likeness (QED) is 0.434. The van der Waals surface area contributed by atoms with Gasteiger partial charge in [-0.3, -0.25) is 0 Å². The maximum absolute atomic E-state index is 10.3. The van der Waals surface area contributed by atoms with Crippen LogP contribution in [0.15, 0.2) is 91.0 Å². The summed E-state index contributed by atoms with van der Waals surface area (Å²) in [5, 5.41) is 0.159. The summed E-state index contributed by atoms with van der Waals surface area (Å²) in [5.74, 6) is 0. The van der Waals surface area contributed by atoms with Gasteiger partial charge in [0, 0.05) is 0 Å². The van der Waals surface area contributed by atoms with Gasteiger partial charge in [-0.1, -0.05) is 54.6 Å². The molecule has 0 bridgehead atoms. The molecule has 0 unspecified atom stereocenters. The van der Waals surface area contributed by atoms with Crippen molar-refractivity contribution < 1.29 is 13.2 Å². The van der Waals surface area contributed by atoms with Gasteiger partial charge in [-0.15, -0.1) is 0 Å². The van der Waals surface area contributed by atoms with Crippen LogP contribution in [0.2, 0.25) is 0 Å². The van der Waals surface area contributed by atoms with Crippen molar-refractivity contribution in [1.29, 1.82) is 0 Å². The fourth-order valence-corrected chi connectivity index (χ4v) is 5.83. The molecule has 3 rings (SSSR count). The van der Waals surface area contributed by atoms with Crippen molar-refractivity contribution >= 4 is 39.2 Å². The van der Waals surface area contributed by atoms with E-state index >= 15 is 0 Å². The molecule has 3 aromatic carbocycles. The predicted octanol–water partition coefficient (Wildman–Crippen LogP) is 4.29. The SMILES string of the molecule is C[P+](c1ccccc1)(c1ccccc1)c1ccccc1.FC(F)(F)[Se-]. The van der Waals surface area contributed by atoms with Gasteiger partial charge in [-0.2, -0.15) is 0 Å². The molecule has 0 aliphatic carbocycles. The van der Waals surface area contributed by atoms with E-state index in [4.69, 9.17) is 0 Å². The summed E-state index contributed by atoms with van der Waals surface area (Å²) in [5.41, 5.74) is 0. The fraction of sp³-hybridized carbons (Fsp3) is 0.100. The second-order valence-corrected chi connectivity index (χ2v) is 9.99. The van der Waals surface area contributed by atoms with Crippen molar-refractivity contribution in [1.82, 2.24) is 0 Å². The van der Waals surface area contributed by atoms with Gasteiger partial charge in [-0.05, 0) is 36.4 Å². The van der Waals surface area contributed by atoms with Crippen LogP contribution in [-0.2, 0) is 0 Å². The third kappa shape index (κ3) is 5.71. The van der Waals surface area contributed by atoms with E-state index in [1.165, 1.54) is 15.9 Å². The van der Waals surface area contributed by atoms with Crippen molar-refractivity contribution in [2.45, 2.75) is 5.07 Å². The summed E-state index contributed by atoms with van der Waals surface area (Å²) in [4.78, 5) is 0. The first-order valence-corrected chi connectivity index (χ1v) is 10.7. The van der Waals surface area contributed by atoms with E-state index in [1.807, 2.05) is 0 Å². The van der Waals surface area contributed by atoms with Gasteiger partial charge in [0.05, 0.1) is 6.66 Å². The molecule has 0 heterocycles. The van der Waals surface area contributed by atoms with Gasteiger partial charge in [0.2, 0.25) is 0 Å². The summed E-state index contributed by atoms with van der Waals surface area (Å²) in [6, 6.07) is 32.6. The van der Waals surface area contributed by atoms with Gasteiger partial charge >= 0.3 is 34.3 Å². The monoisotopic (exact) mass is 426 g/mol. The molecule has 0 amide bonds. The molecular formula is C20H18F3PSe. The van der Waals surface area contributed by atoms with Gasteiger partial charge in [0.25, 0.3) is 0 Å². The summed E-state index contributed by atoms with van der Waals surface area (Å²) in [6.07, 6.45) is 0. The van der Waals surface area contributed by atoms with Gasteiger partial charge in [0.1, 0.15) is 23.2 Å². The van der Waals surface area contributed by atoms with E-state index < -0.39 is 12.3 Å². The Morgan fingerprint density at radius 3 is 1.00 bits per heavy atom.